The number of hydrogen-bond acceptors (Lipinski definition) is 2. The Balaban J connectivity index is 0.00000180. The van der Waals surface area contributed by atoms with Gasteiger partial charge in [-0.25, -0.2) is 0 Å². The molecule has 19 heavy (non-hydrogen) atoms. The molecule has 4 heteroatoms. The summed E-state index contributed by atoms with van der Waals surface area (Å²) >= 11 is 1.72. The first-order valence-electron chi connectivity index (χ1n) is 6.77. The van der Waals surface area contributed by atoms with Crippen LogP contribution in [0.25, 0.3) is 0 Å². The SMILES string of the molecule is CSC(=NCc1ccccc1)NC1CCCCC1.I. The zero-order chi connectivity index (χ0) is 12.6. The van der Waals surface area contributed by atoms with Crippen LogP contribution >= 0.6 is 35.7 Å². The minimum Gasteiger partial charge on any atom is -0.362 e. The van der Waals surface area contributed by atoms with Gasteiger partial charge in [-0.2, -0.15) is 0 Å². The first-order valence-corrected chi connectivity index (χ1v) is 8.00. The lowest BCUT2D eigenvalue weighted by Gasteiger charge is -2.23. The molecular weight excluding hydrogens is 367 g/mol. The van der Waals surface area contributed by atoms with Crippen LogP contribution < -0.4 is 5.32 Å². The second kappa shape index (κ2) is 9.64. The number of nitrogens with zero attached hydrogens (tertiary/aromatic N) is 1. The summed E-state index contributed by atoms with van der Waals surface area (Å²) in [7, 11) is 0. The number of benzene rings is 1. The molecule has 0 unspecified atom stereocenters. The number of rotatable bonds is 3. The van der Waals surface area contributed by atoms with Crippen molar-refractivity contribution in [3.63, 3.8) is 0 Å². The Labute approximate surface area is 137 Å². The van der Waals surface area contributed by atoms with E-state index in [-0.39, 0.29) is 24.0 Å². The van der Waals surface area contributed by atoms with Crippen molar-refractivity contribution in [2.24, 2.45) is 4.99 Å². The molecule has 1 N–H and O–H groups in total. The van der Waals surface area contributed by atoms with Gasteiger partial charge in [0.1, 0.15) is 0 Å². The molecule has 106 valence electrons. The molecule has 0 radical (unpaired) electrons. The smallest absolute Gasteiger partial charge is 0.156 e. The van der Waals surface area contributed by atoms with Gasteiger partial charge in [0.15, 0.2) is 5.17 Å². The van der Waals surface area contributed by atoms with Crippen molar-refractivity contribution in [1.82, 2.24) is 5.32 Å². The molecule has 1 aliphatic rings. The van der Waals surface area contributed by atoms with E-state index in [0.29, 0.717) is 6.04 Å². The molecule has 0 atom stereocenters. The zero-order valence-electron chi connectivity index (χ0n) is 11.5. The molecule has 0 aliphatic heterocycles. The highest BCUT2D eigenvalue weighted by molar-refractivity contribution is 14.0. The van der Waals surface area contributed by atoms with E-state index in [1.165, 1.54) is 37.7 Å². The van der Waals surface area contributed by atoms with Crippen LogP contribution in [-0.4, -0.2) is 17.5 Å². The predicted molar refractivity (Wildman–Crippen MR) is 96.5 cm³/mol. The zero-order valence-corrected chi connectivity index (χ0v) is 14.6. The van der Waals surface area contributed by atoms with E-state index in [4.69, 9.17) is 0 Å². The Morgan fingerprint density at radius 1 is 1.21 bits per heavy atom. The fourth-order valence-corrected chi connectivity index (χ4v) is 2.82. The maximum atomic E-state index is 4.68. The minimum absolute atomic E-state index is 0. The van der Waals surface area contributed by atoms with E-state index in [0.717, 1.165) is 11.7 Å². The van der Waals surface area contributed by atoms with Gasteiger partial charge < -0.3 is 5.32 Å². The maximum Gasteiger partial charge on any atom is 0.156 e. The van der Waals surface area contributed by atoms with Crippen LogP contribution in [0.4, 0.5) is 0 Å². The van der Waals surface area contributed by atoms with Crippen molar-refractivity contribution in [2.45, 2.75) is 44.7 Å². The molecule has 0 heterocycles. The molecule has 2 rings (SSSR count). The number of aliphatic imine (C=N–C) groups is 1. The number of amidine groups is 1. The van der Waals surface area contributed by atoms with E-state index >= 15 is 0 Å². The maximum absolute atomic E-state index is 4.68. The van der Waals surface area contributed by atoms with Crippen molar-refractivity contribution in [3.8, 4) is 0 Å². The Morgan fingerprint density at radius 2 is 1.89 bits per heavy atom. The summed E-state index contributed by atoms with van der Waals surface area (Å²) < 4.78 is 0. The van der Waals surface area contributed by atoms with E-state index < -0.39 is 0 Å². The number of thioether (sulfide) groups is 1. The van der Waals surface area contributed by atoms with Crippen LogP contribution in [-0.2, 0) is 6.54 Å². The monoisotopic (exact) mass is 390 g/mol. The Kier molecular flexibility index (Phi) is 8.53. The van der Waals surface area contributed by atoms with Crippen LogP contribution in [0.15, 0.2) is 35.3 Å². The highest BCUT2D eigenvalue weighted by atomic mass is 127. The quantitative estimate of drug-likeness (QED) is 0.469. The Bertz CT molecular complexity index is 375. The molecule has 1 aromatic rings. The number of halogens is 1. The molecule has 2 nitrogen and oxygen atoms in total. The number of hydrogen-bond donors (Lipinski definition) is 1. The predicted octanol–water partition coefficient (Wildman–Crippen LogP) is 4.45. The van der Waals surface area contributed by atoms with E-state index in [2.05, 4.69) is 40.8 Å². The lowest BCUT2D eigenvalue weighted by atomic mass is 9.96. The molecular formula is C15H23IN2S. The Morgan fingerprint density at radius 3 is 2.53 bits per heavy atom. The molecule has 1 aromatic carbocycles. The van der Waals surface area contributed by atoms with Gasteiger partial charge >= 0.3 is 0 Å². The van der Waals surface area contributed by atoms with Crippen molar-refractivity contribution in [2.75, 3.05) is 6.26 Å². The van der Waals surface area contributed by atoms with Gasteiger partial charge in [-0.05, 0) is 24.7 Å². The lowest BCUT2D eigenvalue weighted by molar-refractivity contribution is 0.415. The van der Waals surface area contributed by atoms with Gasteiger partial charge in [0.05, 0.1) is 6.54 Å². The van der Waals surface area contributed by atoms with E-state index in [1.54, 1.807) is 11.8 Å². The van der Waals surface area contributed by atoms with Crippen LogP contribution in [0, 0.1) is 0 Å². The summed E-state index contributed by atoms with van der Waals surface area (Å²) in [4.78, 5) is 4.68. The highest BCUT2D eigenvalue weighted by Crippen LogP contribution is 2.18. The van der Waals surface area contributed by atoms with E-state index in [9.17, 15) is 0 Å². The molecule has 0 bridgehead atoms. The van der Waals surface area contributed by atoms with Gasteiger partial charge in [-0.15, -0.1) is 24.0 Å². The summed E-state index contributed by atoms with van der Waals surface area (Å²) in [5.41, 5.74) is 1.27. The third-order valence-electron chi connectivity index (χ3n) is 3.37. The molecule has 0 spiro atoms. The first-order chi connectivity index (χ1) is 8.88. The van der Waals surface area contributed by atoms with Gasteiger partial charge in [0.2, 0.25) is 0 Å². The van der Waals surface area contributed by atoms with Crippen LogP contribution in [0.2, 0.25) is 0 Å². The Hall–Kier alpha value is -0.230. The fraction of sp³-hybridized carbons (Fsp3) is 0.533. The van der Waals surface area contributed by atoms with Gasteiger partial charge in [-0.3, -0.25) is 4.99 Å². The minimum atomic E-state index is 0. The highest BCUT2D eigenvalue weighted by Gasteiger charge is 2.13. The van der Waals surface area contributed by atoms with Gasteiger partial charge in [-0.1, -0.05) is 61.4 Å². The average Bonchev–Trinajstić information content (AvgIpc) is 2.45. The van der Waals surface area contributed by atoms with Crippen molar-refractivity contribution < 1.29 is 0 Å². The largest absolute Gasteiger partial charge is 0.362 e. The summed E-state index contributed by atoms with van der Waals surface area (Å²) in [6, 6.07) is 11.1. The third-order valence-corrected chi connectivity index (χ3v) is 4.01. The second-order valence-electron chi connectivity index (χ2n) is 4.79. The van der Waals surface area contributed by atoms with E-state index in [1.807, 2.05) is 6.07 Å². The molecule has 1 aliphatic carbocycles. The second-order valence-corrected chi connectivity index (χ2v) is 5.59. The third kappa shape index (κ3) is 6.17. The lowest BCUT2D eigenvalue weighted by Crippen LogP contribution is -2.34. The van der Waals surface area contributed by atoms with Crippen molar-refractivity contribution >= 4 is 40.9 Å². The molecule has 0 aromatic heterocycles. The summed E-state index contributed by atoms with van der Waals surface area (Å²) in [5, 5.41) is 4.68. The topological polar surface area (TPSA) is 24.4 Å². The summed E-state index contributed by atoms with van der Waals surface area (Å²) in [5.74, 6) is 0. The van der Waals surface area contributed by atoms with Gasteiger partial charge in [0.25, 0.3) is 0 Å². The van der Waals surface area contributed by atoms with Crippen LogP contribution in [0.1, 0.15) is 37.7 Å². The van der Waals surface area contributed by atoms with Crippen molar-refractivity contribution in [3.05, 3.63) is 35.9 Å². The molecule has 0 amide bonds. The van der Waals surface area contributed by atoms with Crippen molar-refractivity contribution in [1.29, 1.82) is 0 Å². The molecule has 1 saturated carbocycles. The van der Waals surface area contributed by atoms with Crippen LogP contribution in [0.5, 0.6) is 0 Å². The summed E-state index contributed by atoms with van der Waals surface area (Å²) in [6.45, 7) is 0.775. The summed E-state index contributed by atoms with van der Waals surface area (Å²) in [6.07, 6.45) is 8.81. The molecule has 0 saturated heterocycles. The standard InChI is InChI=1S/C15H22N2S.HI/c1-18-15(17-14-10-6-3-7-11-14)16-12-13-8-4-2-5-9-13;/h2,4-5,8-9,14H,3,6-7,10-12H2,1H3,(H,16,17);1H. The normalized spacial score (nSPS) is 16.8. The average molecular weight is 390 g/mol. The number of nitrogens with one attached hydrogen (secondary N) is 1. The molecule has 1 fully saturated rings. The fourth-order valence-electron chi connectivity index (χ4n) is 2.34. The first kappa shape index (κ1) is 16.8. The van der Waals surface area contributed by atoms with Crippen LogP contribution in [0.3, 0.4) is 0 Å². The van der Waals surface area contributed by atoms with Gasteiger partial charge in [0, 0.05) is 6.04 Å².